The summed E-state index contributed by atoms with van der Waals surface area (Å²) in [7, 11) is 0. The Morgan fingerprint density at radius 2 is 1.52 bits per heavy atom. The molecule has 2 saturated carbocycles. The molecule has 4 heteroatoms. The van der Waals surface area contributed by atoms with Gasteiger partial charge in [-0.15, -0.1) is 11.8 Å². The van der Waals surface area contributed by atoms with Crippen LogP contribution < -0.4 is 5.32 Å². The zero-order chi connectivity index (χ0) is 15.8. The molecule has 23 heavy (non-hydrogen) atoms. The van der Waals surface area contributed by atoms with Gasteiger partial charge in [0, 0.05) is 22.4 Å². The van der Waals surface area contributed by atoms with Crippen LogP contribution in [0.1, 0.15) is 65.7 Å². The minimum atomic E-state index is -0.00888. The van der Waals surface area contributed by atoms with Gasteiger partial charge in [-0.2, -0.15) is 0 Å². The lowest BCUT2D eigenvalue weighted by Crippen LogP contribution is -2.31. The Labute approximate surface area is 140 Å². The molecule has 0 radical (unpaired) electrons. The number of hydrogen-bond donors (Lipinski definition) is 1. The summed E-state index contributed by atoms with van der Waals surface area (Å²) in [6, 6.07) is 7.59. The van der Waals surface area contributed by atoms with E-state index in [-0.39, 0.29) is 11.6 Å². The topological polar surface area (TPSA) is 46.2 Å². The van der Waals surface area contributed by atoms with Crippen molar-refractivity contribution in [3.05, 3.63) is 46.0 Å². The number of thioether (sulfide) groups is 1. The first-order valence-electron chi connectivity index (χ1n) is 8.60. The number of Topliss-reactive ketones (excluding diaryl/α,β-unsaturated/α-hetero) is 2. The zero-order valence-corrected chi connectivity index (χ0v) is 14.0. The molecule has 0 bridgehead atoms. The molecule has 3 aliphatic rings. The predicted octanol–water partition coefficient (Wildman–Crippen LogP) is 4.10. The third-order valence-electron chi connectivity index (χ3n) is 4.84. The molecule has 0 heterocycles. The van der Waals surface area contributed by atoms with Gasteiger partial charge in [-0.1, -0.05) is 43.5 Å². The number of hydrogen-bond acceptors (Lipinski definition) is 4. The molecule has 0 aromatic heterocycles. The van der Waals surface area contributed by atoms with Crippen molar-refractivity contribution in [2.45, 2.75) is 56.2 Å². The fourth-order valence-corrected chi connectivity index (χ4v) is 4.77. The van der Waals surface area contributed by atoms with Gasteiger partial charge in [0.15, 0.2) is 0 Å². The highest BCUT2D eigenvalue weighted by molar-refractivity contribution is 8.04. The molecule has 2 fully saturated rings. The van der Waals surface area contributed by atoms with Crippen LogP contribution in [0.15, 0.2) is 34.9 Å². The number of ketones is 2. The second-order valence-electron chi connectivity index (χ2n) is 6.70. The standard InChI is InChI=1S/C19H21NO2S/c21-17-14-8-4-5-9-15(14)18(22)19(16(17)20-12-10-11-12)23-13-6-2-1-3-7-13/h4-5,8-9,12-13,20H,1-3,6-7,10-11H2. The summed E-state index contributed by atoms with van der Waals surface area (Å²) in [4.78, 5) is 26.5. The number of carbonyl (C=O) groups is 2. The molecule has 3 aliphatic carbocycles. The van der Waals surface area contributed by atoms with Gasteiger partial charge in [0.1, 0.15) is 5.70 Å². The molecule has 3 nitrogen and oxygen atoms in total. The summed E-state index contributed by atoms with van der Waals surface area (Å²) in [5.41, 5.74) is 1.68. The average Bonchev–Trinajstić information content (AvgIpc) is 3.41. The highest BCUT2D eigenvalue weighted by Crippen LogP contribution is 2.39. The summed E-state index contributed by atoms with van der Waals surface area (Å²) < 4.78 is 0. The molecule has 0 spiro atoms. The molecule has 1 aromatic carbocycles. The van der Waals surface area contributed by atoms with Crippen molar-refractivity contribution in [1.29, 1.82) is 0 Å². The van der Waals surface area contributed by atoms with Gasteiger partial charge in [0.05, 0.1) is 4.91 Å². The van der Waals surface area contributed by atoms with Crippen LogP contribution in [0.2, 0.25) is 0 Å². The van der Waals surface area contributed by atoms with Crippen LogP contribution >= 0.6 is 11.8 Å². The maximum atomic E-state index is 13.0. The van der Waals surface area contributed by atoms with Gasteiger partial charge in [-0.25, -0.2) is 0 Å². The van der Waals surface area contributed by atoms with Crippen LogP contribution in [0.3, 0.4) is 0 Å². The van der Waals surface area contributed by atoms with E-state index in [1.807, 2.05) is 12.1 Å². The molecular weight excluding hydrogens is 306 g/mol. The smallest absolute Gasteiger partial charge is 0.210 e. The lowest BCUT2D eigenvalue weighted by Gasteiger charge is -2.26. The van der Waals surface area contributed by atoms with Crippen molar-refractivity contribution in [2.75, 3.05) is 0 Å². The van der Waals surface area contributed by atoms with Gasteiger partial charge in [0.25, 0.3) is 0 Å². The lowest BCUT2D eigenvalue weighted by molar-refractivity contribution is 0.0975. The molecule has 0 atom stereocenters. The predicted molar refractivity (Wildman–Crippen MR) is 92.8 cm³/mol. The van der Waals surface area contributed by atoms with E-state index in [4.69, 9.17) is 0 Å². The molecule has 4 rings (SSSR count). The van der Waals surface area contributed by atoms with E-state index < -0.39 is 0 Å². The van der Waals surface area contributed by atoms with E-state index >= 15 is 0 Å². The van der Waals surface area contributed by atoms with Gasteiger partial charge in [-0.05, 0) is 25.7 Å². The van der Waals surface area contributed by atoms with Crippen LogP contribution in [0.25, 0.3) is 0 Å². The number of carbonyl (C=O) groups excluding carboxylic acids is 2. The van der Waals surface area contributed by atoms with E-state index in [0.29, 0.717) is 33.0 Å². The average molecular weight is 327 g/mol. The Hall–Kier alpha value is -1.55. The van der Waals surface area contributed by atoms with E-state index in [0.717, 1.165) is 25.7 Å². The van der Waals surface area contributed by atoms with Gasteiger partial charge < -0.3 is 5.32 Å². The van der Waals surface area contributed by atoms with E-state index in [1.54, 1.807) is 23.9 Å². The summed E-state index contributed by atoms with van der Waals surface area (Å²) >= 11 is 1.64. The Bertz CT molecular complexity index is 684. The Morgan fingerprint density at radius 1 is 0.870 bits per heavy atom. The fraction of sp³-hybridized carbons (Fsp3) is 0.474. The van der Waals surface area contributed by atoms with Crippen LogP contribution in [-0.2, 0) is 0 Å². The highest BCUT2D eigenvalue weighted by atomic mass is 32.2. The molecule has 120 valence electrons. The highest BCUT2D eigenvalue weighted by Gasteiger charge is 2.36. The minimum Gasteiger partial charge on any atom is -0.378 e. The van der Waals surface area contributed by atoms with Crippen molar-refractivity contribution in [3.63, 3.8) is 0 Å². The van der Waals surface area contributed by atoms with E-state index in [2.05, 4.69) is 5.32 Å². The maximum absolute atomic E-state index is 13.0. The van der Waals surface area contributed by atoms with Crippen LogP contribution in [0.5, 0.6) is 0 Å². The number of benzene rings is 1. The third-order valence-corrected chi connectivity index (χ3v) is 6.27. The SMILES string of the molecule is O=C1C(NC2CC2)=C(SC2CCCCC2)C(=O)c2ccccc21. The van der Waals surface area contributed by atoms with Gasteiger partial charge in [-0.3, -0.25) is 9.59 Å². The number of rotatable bonds is 4. The molecule has 1 N–H and O–H groups in total. The van der Waals surface area contributed by atoms with E-state index in [1.165, 1.54) is 19.3 Å². The Kier molecular flexibility index (Phi) is 4.02. The molecule has 0 aliphatic heterocycles. The van der Waals surface area contributed by atoms with Crippen molar-refractivity contribution >= 4 is 23.3 Å². The first kappa shape index (κ1) is 15.0. The van der Waals surface area contributed by atoms with E-state index in [9.17, 15) is 9.59 Å². The van der Waals surface area contributed by atoms with Gasteiger partial charge in [0.2, 0.25) is 11.6 Å². The van der Waals surface area contributed by atoms with Crippen molar-refractivity contribution in [3.8, 4) is 0 Å². The quantitative estimate of drug-likeness (QED) is 0.904. The third kappa shape index (κ3) is 2.97. The van der Waals surface area contributed by atoms with Crippen molar-refractivity contribution in [2.24, 2.45) is 0 Å². The molecule has 0 saturated heterocycles. The minimum absolute atomic E-state index is 0.00888. The number of nitrogens with one attached hydrogen (secondary N) is 1. The van der Waals surface area contributed by atoms with Crippen LogP contribution in [0.4, 0.5) is 0 Å². The number of allylic oxidation sites excluding steroid dienone is 2. The Morgan fingerprint density at radius 3 is 2.17 bits per heavy atom. The molecule has 1 aromatic rings. The summed E-state index contributed by atoms with van der Waals surface area (Å²) in [6.07, 6.45) is 8.23. The number of fused-ring (bicyclic) bond motifs is 1. The first-order valence-corrected chi connectivity index (χ1v) is 9.48. The summed E-state index contributed by atoms with van der Waals surface area (Å²) in [6.45, 7) is 0. The molecular formula is C19H21NO2S. The lowest BCUT2D eigenvalue weighted by atomic mass is 9.92. The second kappa shape index (κ2) is 6.16. The fourth-order valence-electron chi connectivity index (χ4n) is 3.38. The summed E-state index contributed by atoms with van der Waals surface area (Å²) in [5.74, 6) is 0.0179. The summed E-state index contributed by atoms with van der Waals surface area (Å²) in [5, 5.41) is 3.81. The normalized spacial score (nSPS) is 22.3. The molecule has 0 unspecified atom stereocenters. The zero-order valence-electron chi connectivity index (χ0n) is 13.1. The van der Waals surface area contributed by atoms with Crippen molar-refractivity contribution in [1.82, 2.24) is 5.32 Å². The van der Waals surface area contributed by atoms with Crippen LogP contribution in [-0.4, -0.2) is 22.9 Å². The maximum Gasteiger partial charge on any atom is 0.210 e. The Balaban J connectivity index is 1.70. The van der Waals surface area contributed by atoms with Crippen molar-refractivity contribution < 1.29 is 9.59 Å². The largest absolute Gasteiger partial charge is 0.378 e. The van der Waals surface area contributed by atoms with Crippen LogP contribution in [0, 0.1) is 0 Å². The first-order chi connectivity index (χ1) is 11.2. The van der Waals surface area contributed by atoms with Gasteiger partial charge >= 0.3 is 0 Å². The second-order valence-corrected chi connectivity index (χ2v) is 8.02. The molecule has 0 amide bonds. The monoisotopic (exact) mass is 327 g/mol.